The standard InChI is InChI=1S/C23H29F3N6O4S2/c1-13-17(20-28-15-7-5-6-8-16(15)37-20)19(29-21(27-13)31(2)12-23(24,25)26)30-22(34)10-9-14(18(22)33)11-32(3)38(4,35)36/h5-8,14,18,33-34H,9-12H2,1-4H3,(H,27,29,30). The molecule has 0 amide bonds. The van der Waals surface area contributed by atoms with Crippen LogP contribution in [-0.4, -0.2) is 89.3 Å². The molecule has 1 saturated carbocycles. The van der Waals surface area contributed by atoms with Gasteiger partial charge in [-0.05, 0) is 31.9 Å². The van der Waals surface area contributed by atoms with Crippen molar-refractivity contribution >= 4 is 43.3 Å². The third kappa shape index (κ3) is 6.01. The van der Waals surface area contributed by atoms with Crippen LogP contribution in [0.4, 0.5) is 24.9 Å². The van der Waals surface area contributed by atoms with Gasteiger partial charge in [0, 0.05) is 26.6 Å². The number of aliphatic hydroxyl groups excluding tert-OH is 1. The number of aliphatic hydroxyl groups is 2. The number of fused-ring (bicyclic) bond motifs is 1. The highest BCUT2D eigenvalue weighted by atomic mass is 32.2. The molecule has 0 radical (unpaired) electrons. The highest BCUT2D eigenvalue weighted by molar-refractivity contribution is 7.88. The number of halogens is 3. The van der Waals surface area contributed by atoms with Gasteiger partial charge in [-0.2, -0.15) is 18.2 Å². The van der Waals surface area contributed by atoms with Gasteiger partial charge < -0.3 is 20.4 Å². The van der Waals surface area contributed by atoms with E-state index in [1.165, 1.54) is 25.4 Å². The first-order valence-corrected chi connectivity index (χ1v) is 14.4. The number of hydrogen-bond acceptors (Lipinski definition) is 10. The molecule has 1 aliphatic rings. The van der Waals surface area contributed by atoms with E-state index < -0.39 is 40.5 Å². The van der Waals surface area contributed by atoms with Crippen molar-refractivity contribution in [2.75, 3.05) is 43.7 Å². The fraction of sp³-hybridized carbons (Fsp3) is 0.522. The summed E-state index contributed by atoms with van der Waals surface area (Å²) in [5.41, 5.74) is -0.503. The number of nitrogens with one attached hydrogen (secondary N) is 1. The minimum atomic E-state index is -4.50. The van der Waals surface area contributed by atoms with Gasteiger partial charge in [-0.3, -0.25) is 0 Å². The highest BCUT2D eigenvalue weighted by Gasteiger charge is 2.48. The lowest BCUT2D eigenvalue weighted by Crippen LogP contribution is -2.49. The van der Waals surface area contributed by atoms with Gasteiger partial charge in [-0.1, -0.05) is 12.1 Å². The summed E-state index contributed by atoms with van der Waals surface area (Å²) in [6.07, 6.45) is -4.49. The number of alkyl halides is 3. The third-order valence-electron chi connectivity index (χ3n) is 6.57. The van der Waals surface area contributed by atoms with E-state index in [2.05, 4.69) is 20.3 Å². The predicted molar refractivity (Wildman–Crippen MR) is 139 cm³/mol. The van der Waals surface area contributed by atoms with Gasteiger partial charge in [-0.25, -0.2) is 22.7 Å². The summed E-state index contributed by atoms with van der Waals surface area (Å²) in [5.74, 6) is -0.802. The second-order valence-electron chi connectivity index (χ2n) is 9.63. The van der Waals surface area contributed by atoms with Crippen LogP contribution in [0.3, 0.4) is 0 Å². The molecule has 3 atom stereocenters. The normalized spacial score (nSPS) is 22.4. The maximum absolute atomic E-state index is 13.1. The zero-order chi connectivity index (χ0) is 28.0. The van der Waals surface area contributed by atoms with Crippen LogP contribution in [0, 0.1) is 12.8 Å². The number of thiazole rings is 1. The zero-order valence-corrected chi connectivity index (χ0v) is 22.8. The highest BCUT2D eigenvalue weighted by Crippen LogP contribution is 2.41. The Morgan fingerprint density at radius 2 is 1.89 bits per heavy atom. The zero-order valence-electron chi connectivity index (χ0n) is 21.2. The molecule has 1 fully saturated rings. The Bertz CT molecular complexity index is 1400. The van der Waals surface area contributed by atoms with Crippen LogP contribution in [0.5, 0.6) is 0 Å². The molecule has 2 aromatic heterocycles. The van der Waals surface area contributed by atoms with Crippen LogP contribution in [0.15, 0.2) is 24.3 Å². The Hall–Kier alpha value is -2.59. The number of aromatic nitrogens is 3. The summed E-state index contributed by atoms with van der Waals surface area (Å²) >= 11 is 1.33. The van der Waals surface area contributed by atoms with E-state index in [1.807, 2.05) is 24.3 Å². The molecule has 1 aliphatic carbocycles. The molecule has 0 aliphatic heterocycles. The first kappa shape index (κ1) is 28.4. The summed E-state index contributed by atoms with van der Waals surface area (Å²) in [7, 11) is -0.914. The van der Waals surface area contributed by atoms with Crippen molar-refractivity contribution in [1.29, 1.82) is 0 Å². The fourth-order valence-electron chi connectivity index (χ4n) is 4.49. The number of rotatable bonds is 8. The molecule has 1 aromatic carbocycles. The van der Waals surface area contributed by atoms with E-state index in [4.69, 9.17) is 0 Å². The first-order chi connectivity index (χ1) is 17.6. The number of sulfonamides is 1. The SMILES string of the molecule is Cc1nc(N(C)CC(F)(F)F)nc(NC2(O)CCC(CN(C)S(C)(=O)=O)C2O)c1-c1nc2ccccc2s1. The van der Waals surface area contributed by atoms with Gasteiger partial charge in [0.25, 0.3) is 0 Å². The van der Waals surface area contributed by atoms with Crippen molar-refractivity contribution in [3.05, 3.63) is 30.0 Å². The lowest BCUT2D eigenvalue weighted by molar-refractivity contribution is -0.119. The second-order valence-corrected chi connectivity index (χ2v) is 12.7. The summed E-state index contributed by atoms with van der Waals surface area (Å²) < 4.78 is 64.9. The molecule has 0 saturated heterocycles. The van der Waals surface area contributed by atoms with Crippen LogP contribution in [-0.2, 0) is 10.0 Å². The van der Waals surface area contributed by atoms with E-state index in [0.717, 1.165) is 20.2 Å². The van der Waals surface area contributed by atoms with E-state index >= 15 is 0 Å². The quantitative estimate of drug-likeness (QED) is 0.348. The van der Waals surface area contributed by atoms with Crippen molar-refractivity contribution in [3.8, 4) is 10.6 Å². The Morgan fingerprint density at radius 3 is 2.53 bits per heavy atom. The molecule has 3 N–H and O–H groups in total. The van der Waals surface area contributed by atoms with Crippen molar-refractivity contribution in [2.24, 2.45) is 5.92 Å². The largest absolute Gasteiger partial charge is 0.406 e. The summed E-state index contributed by atoms with van der Waals surface area (Å²) in [6.45, 7) is 0.300. The maximum atomic E-state index is 13.1. The summed E-state index contributed by atoms with van der Waals surface area (Å²) in [5, 5.41) is 25.8. The van der Waals surface area contributed by atoms with E-state index in [-0.39, 0.29) is 24.7 Å². The van der Waals surface area contributed by atoms with Crippen molar-refractivity contribution in [1.82, 2.24) is 19.3 Å². The van der Waals surface area contributed by atoms with Crippen molar-refractivity contribution in [3.63, 3.8) is 0 Å². The topological polar surface area (TPSA) is 132 Å². The molecule has 38 heavy (non-hydrogen) atoms. The molecule has 4 rings (SSSR count). The van der Waals surface area contributed by atoms with Crippen molar-refractivity contribution in [2.45, 2.75) is 37.8 Å². The Labute approximate surface area is 222 Å². The smallest absolute Gasteiger partial charge is 0.388 e. The number of aryl methyl sites for hydroxylation is 1. The Morgan fingerprint density at radius 1 is 1.21 bits per heavy atom. The van der Waals surface area contributed by atoms with Gasteiger partial charge in [-0.15, -0.1) is 11.3 Å². The third-order valence-corrected chi connectivity index (χ3v) is 8.90. The number of hydrogen-bond donors (Lipinski definition) is 3. The van der Waals surface area contributed by atoms with Crippen LogP contribution >= 0.6 is 11.3 Å². The molecule has 2 heterocycles. The fourth-order valence-corrected chi connectivity index (χ4v) is 6.02. The van der Waals surface area contributed by atoms with Gasteiger partial charge in [0.15, 0.2) is 5.72 Å². The molecule has 3 unspecified atom stereocenters. The molecular formula is C23H29F3N6O4S2. The van der Waals surface area contributed by atoms with E-state index in [9.17, 15) is 31.8 Å². The molecule has 15 heteroatoms. The first-order valence-electron chi connectivity index (χ1n) is 11.7. The number of anilines is 2. The Balaban J connectivity index is 1.74. The Kier molecular flexibility index (Phi) is 7.62. The van der Waals surface area contributed by atoms with E-state index in [0.29, 0.717) is 28.2 Å². The minimum Gasteiger partial charge on any atom is -0.388 e. The molecule has 10 nitrogen and oxygen atoms in total. The van der Waals surface area contributed by atoms with Crippen LogP contribution < -0.4 is 10.2 Å². The summed E-state index contributed by atoms with van der Waals surface area (Å²) in [6, 6.07) is 7.38. The number of nitrogens with zero attached hydrogens (tertiary/aromatic N) is 5. The molecular weight excluding hydrogens is 545 g/mol. The minimum absolute atomic E-state index is 0.0132. The average molecular weight is 575 g/mol. The molecule has 3 aromatic rings. The lowest BCUT2D eigenvalue weighted by Gasteiger charge is -2.32. The number of benzene rings is 1. The predicted octanol–water partition coefficient (Wildman–Crippen LogP) is 2.82. The summed E-state index contributed by atoms with van der Waals surface area (Å²) in [4.78, 5) is 14.1. The molecule has 208 valence electrons. The number of para-hydroxylation sites is 1. The van der Waals surface area contributed by atoms with E-state index in [1.54, 1.807) is 6.92 Å². The second kappa shape index (κ2) is 10.2. The van der Waals surface area contributed by atoms with Crippen LogP contribution in [0.25, 0.3) is 20.8 Å². The van der Waals surface area contributed by atoms with Crippen molar-refractivity contribution < 1.29 is 31.8 Å². The molecule has 0 bridgehead atoms. The van der Waals surface area contributed by atoms with Gasteiger partial charge in [0.05, 0.1) is 27.7 Å². The van der Waals surface area contributed by atoms with Crippen LogP contribution in [0.1, 0.15) is 18.5 Å². The molecule has 0 spiro atoms. The van der Waals surface area contributed by atoms with Gasteiger partial charge >= 0.3 is 6.18 Å². The van der Waals surface area contributed by atoms with Crippen LogP contribution in [0.2, 0.25) is 0 Å². The monoisotopic (exact) mass is 574 g/mol. The lowest BCUT2D eigenvalue weighted by atomic mass is 10.0. The van der Waals surface area contributed by atoms with Gasteiger partial charge in [0.1, 0.15) is 23.5 Å². The average Bonchev–Trinajstić information content (AvgIpc) is 3.33. The van der Waals surface area contributed by atoms with Gasteiger partial charge in [0.2, 0.25) is 16.0 Å². The maximum Gasteiger partial charge on any atom is 0.406 e.